The van der Waals surface area contributed by atoms with E-state index >= 15 is 0 Å². The largest absolute Gasteiger partial charge is 0.331 e. The van der Waals surface area contributed by atoms with E-state index in [4.69, 9.17) is 0 Å². The van der Waals surface area contributed by atoms with Crippen LogP contribution in [0.5, 0.6) is 0 Å². The molecular formula is C16H18N2O. The molecule has 1 heterocycles. The van der Waals surface area contributed by atoms with Gasteiger partial charge < -0.3 is 4.57 Å². The summed E-state index contributed by atoms with van der Waals surface area (Å²) in [6.07, 6.45) is 7.58. The number of carbonyl (C=O) groups is 1. The van der Waals surface area contributed by atoms with Crippen molar-refractivity contribution >= 4 is 5.78 Å². The summed E-state index contributed by atoms with van der Waals surface area (Å²) in [6, 6.07) is 6.23. The highest BCUT2D eigenvalue weighted by Gasteiger charge is 2.19. The van der Waals surface area contributed by atoms with Gasteiger partial charge in [0.2, 0.25) is 0 Å². The third kappa shape index (κ3) is 2.33. The molecule has 0 radical (unpaired) electrons. The fraction of sp³-hybridized carbons (Fsp3) is 0.375. The van der Waals surface area contributed by atoms with E-state index in [1.165, 1.54) is 11.1 Å². The number of nitrogens with zero attached hydrogens (tertiary/aromatic N) is 2. The number of hydrogen-bond acceptors (Lipinski definition) is 2. The summed E-state index contributed by atoms with van der Waals surface area (Å²) in [7, 11) is 0. The van der Waals surface area contributed by atoms with Gasteiger partial charge in [0.1, 0.15) is 5.82 Å². The summed E-state index contributed by atoms with van der Waals surface area (Å²) in [5.41, 5.74) is 3.38. The van der Waals surface area contributed by atoms with Gasteiger partial charge in [-0.15, -0.1) is 0 Å². The Morgan fingerprint density at radius 3 is 3.05 bits per heavy atom. The summed E-state index contributed by atoms with van der Waals surface area (Å²) in [6.45, 7) is 3.01. The fourth-order valence-corrected chi connectivity index (χ4v) is 2.74. The fourth-order valence-electron chi connectivity index (χ4n) is 2.74. The van der Waals surface area contributed by atoms with Gasteiger partial charge in [-0.05, 0) is 24.0 Å². The lowest BCUT2D eigenvalue weighted by atomic mass is 10.1. The molecule has 3 nitrogen and oxygen atoms in total. The van der Waals surface area contributed by atoms with E-state index in [0.29, 0.717) is 6.42 Å². The van der Waals surface area contributed by atoms with Gasteiger partial charge in [0, 0.05) is 37.3 Å². The molecule has 0 atom stereocenters. The quantitative estimate of drug-likeness (QED) is 0.840. The first-order chi connectivity index (χ1) is 9.28. The van der Waals surface area contributed by atoms with Gasteiger partial charge in [-0.1, -0.05) is 25.1 Å². The Hall–Kier alpha value is -1.90. The SMILES string of the molecule is CCCc1nccn1Cc1ccc2c(c1)CCC2=O. The smallest absolute Gasteiger partial charge is 0.163 e. The Kier molecular flexibility index (Phi) is 3.20. The number of ketones is 1. The maximum atomic E-state index is 11.6. The molecular weight excluding hydrogens is 236 g/mol. The third-order valence-electron chi connectivity index (χ3n) is 3.72. The molecule has 98 valence electrons. The number of carbonyl (C=O) groups excluding carboxylic acids is 1. The van der Waals surface area contributed by atoms with Gasteiger partial charge in [0.15, 0.2) is 5.78 Å². The number of hydrogen-bond donors (Lipinski definition) is 0. The molecule has 0 fully saturated rings. The predicted octanol–water partition coefficient (Wildman–Crippen LogP) is 3.01. The monoisotopic (exact) mass is 254 g/mol. The van der Waals surface area contributed by atoms with Crippen molar-refractivity contribution in [2.45, 2.75) is 39.2 Å². The highest BCUT2D eigenvalue weighted by Crippen LogP contribution is 2.23. The van der Waals surface area contributed by atoms with E-state index in [2.05, 4.69) is 28.6 Å². The van der Waals surface area contributed by atoms with Crippen LogP contribution in [0.1, 0.15) is 47.1 Å². The van der Waals surface area contributed by atoms with Crippen LogP contribution in [0.15, 0.2) is 30.6 Å². The van der Waals surface area contributed by atoms with Crippen molar-refractivity contribution in [1.82, 2.24) is 9.55 Å². The lowest BCUT2D eigenvalue weighted by molar-refractivity contribution is 0.0994. The first-order valence-electron chi connectivity index (χ1n) is 6.93. The molecule has 2 aromatic rings. The Bertz CT molecular complexity index is 613. The van der Waals surface area contributed by atoms with E-state index in [9.17, 15) is 4.79 Å². The topological polar surface area (TPSA) is 34.9 Å². The van der Waals surface area contributed by atoms with Crippen LogP contribution < -0.4 is 0 Å². The Balaban J connectivity index is 1.84. The second-order valence-corrected chi connectivity index (χ2v) is 5.14. The van der Waals surface area contributed by atoms with Gasteiger partial charge in [-0.3, -0.25) is 4.79 Å². The molecule has 0 N–H and O–H groups in total. The second kappa shape index (κ2) is 5.00. The lowest BCUT2D eigenvalue weighted by Gasteiger charge is -2.08. The van der Waals surface area contributed by atoms with Crippen molar-refractivity contribution in [3.05, 3.63) is 53.1 Å². The average Bonchev–Trinajstić information content (AvgIpc) is 2.98. The lowest BCUT2D eigenvalue weighted by Crippen LogP contribution is -2.04. The molecule has 0 unspecified atom stereocenters. The maximum Gasteiger partial charge on any atom is 0.163 e. The number of Topliss-reactive ketones (excluding diaryl/α,β-unsaturated/α-hetero) is 1. The minimum Gasteiger partial charge on any atom is -0.331 e. The number of fused-ring (bicyclic) bond motifs is 1. The Labute approximate surface area is 113 Å². The molecule has 1 aliphatic carbocycles. The number of rotatable bonds is 4. The van der Waals surface area contributed by atoms with Crippen molar-refractivity contribution in [2.24, 2.45) is 0 Å². The van der Waals surface area contributed by atoms with Crippen LogP contribution in [0.25, 0.3) is 0 Å². The van der Waals surface area contributed by atoms with Crippen LogP contribution in [0.4, 0.5) is 0 Å². The van der Waals surface area contributed by atoms with Gasteiger partial charge in [-0.2, -0.15) is 0 Å². The summed E-state index contributed by atoms with van der Waals surface area (Å²) in [5, 5.41) is 0. The molecule has 1 aliphatic rings. The number of imidazole rings is 1. The van der Waals surface area contributed by atoms with Gasteiger partial charge in [-0.25, -0.2) is 4.98 Å². The normalized spacial score (nSPS) is 13.8. The van der Waals surface area contributed by atoms with Crippen LogP contribution in [0.3, 0.4) is 0 Å². The van der Waals surface area contributed by atoms with Crippen LogP contribution in [0.2, 0.25) is 0 Å². The van der Waals surface area contributed by atoms with Crippen molar-refractivity contribution in [3.8, 4) is 0 Å². The van der Waals surface area contributed by atoms with E-state index in [1.807, 2.05) is 18.5 Å². The van der Waals surface area contributed by atoms with Crippen LogP contribution >= 0.6 is 0 Å². The molecule has 0 amide bonds. The molecule has 19 heavy (non-hydrogen) atoms. The van der Waals surface area contributed by atoms with E-state index in [1.54, 1.807) is 0 Å². The minimum atomic E-state index is 0.288. The standard InChI is InChI=1S/C16H18N2O/c1-2-3-16-17-8-9-18(16)11-12-4-6-14-13(10-12)5-7-15(14)19/h4,6,8-10H,2-3,5,7,11H2,1H3. The Morgan fingerprint density at radius 1 is 1.32 bits per heavy atom. The summed E-state index contributed by atoms with van der Waals surface area (Å²) in [5.74, 6) is 1.43. The first-order valence-corrected chi connectivity index (χ1v) is 6.93. The summed E-state index contributed by atoms with van der Waals surface area (Å²) >= 11 is 0. The zero-order valence-electron chi connectivity index (χ0n) is 11.2. The Morgan fingerprint density at radius 2 is 2.21 bits per heavy atom. The van der Waals surface area contributed by atoms with Gasteiger partial charge >= 0.3 is 0 Å². The van der Waals surface area contributed by atoms with E-state index in [-0.39, 0.29) is 5.78 Å². The molecule has 0 aliphatic heterocycles. The summed E-state index contributed by atoms with van der Waals surface area (Å²) < 4.78 is 2.20. The molecule has 1 aromatic carbocycles. The zero-order valence-corrected chi connectivity index (χ0v) is 11.2. The van der Waals surface area contributed by atoms with Crippen LogP contribution in [0, 0.1) is 0 Å². The van der Waals surface area contributed by atoms with Crippen molar-refractivity contribution < 1.29 is 4.79 Å². The van der Waals surface area contributed by atoms with E-state index in [0.717, 1.165) is 37.2 Å². The zero-order chi connectivity index (χ0) is 13.2. The van der Waals surface area contributed by atoms with Crippen molar-refractivity contribution in [2.75, 3.05) is 0 Å². The molecule has 3 heteroatoms. The van der Waals surface area contributed by atoms with Crippen molar-refractivity contribution in [3.63, 3.8) is 0 Å². The molecule has 0 spiro atoms. The second-order valence-electron chi connectivity index (χ2n) is 5.14. The molecule has 0 saturated carbocycles. The molecule has 0 bridgehead atoms. The van der Waals surface area contributed by atoms with Crippen LogP contribution in [-0.4, -0.2) is 15.3 Å². The maximum absolute atomic E-state index is 11.6. The van der Waals surface area contributed by atoms with Crippen molar-refractivity contribution in [1.29, 1.82) is 0 Å². The van der Waals surface area contributed by atoms with Gasteiger partial charge in [0.25, 0.3) is 0 Å². The predicted molar refractivity (Wildman–Crippen MR) is 74.4 cm³/mol. The van der Waals surface area contributed by atoms with E-state index < -0.39 is 0 Å². The minimum absolute atomic E-state index is 0.288. The number of aryl methyl sites for hydroxylation is 2. The van der Waals surface area contributed by atoms with Gasteiger partial charge in [0.05, 0.1) is 0 Å². The third-order valence-corrected chi connectivity index (χ3v) is 3.72. The number of aromatic nitrogens is 2. The number of benzene rings is 1. The highest BCUT2D eigenvalue weighted by molar-refractivity contribution is 6.00. The highest BCUT2D eigenvalue weighted by atomic mass is 16.1. The molecule has 3 rings (SSSR count). The van der Waals surface area contributed by atoms with Crippen LogP contribution in [-0.2, 0) is 19.4 Å². The average molecular weight is 254 g/mol. The first kappa shape index (κ1) is 12.2. The molecule has 0 saturated heterocycles. The summed E-state index contributed by atoms with van der Waals surface area (Å²) in [4.78, 5) is 16.0. The molecule has 1 aromatic heterocycles.